The molecule has 1 amide bonds. The molecule has 1 aliphatic heterocycles. The number of furan rings is 1. The smallest absolute Gasteiger partial charge is 0.230 e. The predicted molar refractivity (Wildman–Crippen MR) is 87.3 cm³/mol. The van der Waals surface area contributed by atoms with Gasteiger partial charge in [-0.05, 0) is 43.4 Å². The van der Waals surface area contributed by atoms with E-state index < -0.39 is 0 Å². The van der Waals surface area contributed by atoms with Gasteiger partial charge < -0.3 is 14.1 Å². The predicted octanol–water partition coefficient (Wildman–Crippen LogP) is 2.42. The third kappa shape index (κ3) is 3.53. The van der Waals surface area contributed by atoms with Gasteiger partial charge in [-0.15, -0.1) is 0 Å². The van der Waals surface area contributed by atoms with Gasteiger partial charge in [-0.2, -0.15) is 5.10 Å². The van der Waals surface area contributed by atoms with Crippen LogP contribution in [0.3, 0.4) is 0 Å². The summed E-state index contributed by atoms with van der Waals surface area (Å²) >= 11 is 0. The van der Waals surface area contributed by atoms with Crippen LogP contribution in [-0.4, -0.2) is 40.3 Å². The lowest BCUT2D eigenvalue weighted by Gasteiger charge is -2.34. The molecule has 2 aliphatic rings. The fraction of sp³-hybridized carbons (Fsp3) is 0.556. The summed E-state index contributed by atoms with van der Waals surface area (Å²) in [4.78, 5) is 14.5. The number of amides is 1. The SMILES string of the molecule is O=C(Cc1ccco1)N1Cc2ccnn2[C@H](CCOCC2CC2)C1. The minimum Gasteiger partial charge on any atom is -0.469 e. The second-order valence-electron chi connectivity index (χ2n) is 6.76. The summed E-state index contributed by atoms with van der Waals surface area (Å²) in [5.74, 6) is 1.59. The van der Waals surface area contributed by atoms with Crippen LogP contribution >= 0.6 is 0 Å². The van der Waals surface area contributed by atoms with Crippen LogP contribution in [0.25, 0.3) is 0 Å². The van der Waals surface area contributed by atoms with E-state index in [1.165, 1.54) is 12.8 Å². The third-order valence-corrected chi connectivity index (χ3v) is 4.79. The molecule has 0 unspecified atom stereocenters. The van der Waals surface area contributed by atoms with E-state index in [9.17, 15) is 4.79 Å². The summed E-state index contributed by atoms with van der Waals surface area (Å²) in [6, 6.07) is 5.83. The van der Waals surface area contributed by atoms with Crippen molar-refractivity contribution in [1.82, 2.24) is 14.7 Å². The topological polar surface area (TPSA) is 60.5 Å². The van der Waals surface area contributed by atoms with Crippen molar-refractivity contribution in [1.29, 1.82) is 0 Å². The van der Waals surface area contributed by atoms with E-state index in [1.54, 1.807) is 6.26 Å². The van der Waals surface area contributed by atoms with E-state index in [2.05, 4.69) is 9.78 Å². The number of aromatic nitrogens is 2. The van der Waals surface area contributed by atoms with Gasteiger partial charge in [-0.3, -0.25) is 9.48 Å². The maximum absolute atomic E-state index is 12.6. The highest BCUT2D eigenvalue weighted by molar-refractivity contribution is 5.78. The minimum atomic E-state index is 0.0984. The molecule has 0 N–H and O–H groups in total. The third-order valence-electron chi connectivity index (χ3n) is 4.79. The molecule has 0 bridgehead atoms. The van der Waals surface area contributed by atoms with Crippen molar-refractivity contribution in [2.45, 2.75) is 38.3 Å². The van der Waals surface area contributed by atoms with E-state index in [0.717, 1.165) is 31.2 Å². The Morgan fingerprint density at radius 2 is 2.29 bits per heavy atom. The summed E-state index contributed by atoms with van der Waals surface area (Å²) in [6.07, 6.45) is 7.23. The van der Waals surface area contributed by atoms with Gasteiger partial charge >= 0.3 is 0 Å². The molecule has 2 aromatic heterocycles. The quantitative estimate of drug-likeness (QED) is 0.732. The fourth-order valence-electron chi connectivity index (χ4n) is 3.22. The van der Waals surface area contributed by atoms with Crippen LogP contribution in [0.4, 0.5) is 0 Å². The number of ether oxygens (including phenoxy) is 1. The van der Waals surface area contributed by atoms with Gasteiger partial charge in [0.15, 0.2) is 0 Å². The Kier molecular flexibility index (Phi) is 4.38. The molecule has 1 fully saturated rings. The first-order chi connectivity index (χ1) is 11.8. The van der Waals surface area contributed by atoms with Crippen molar-refractivity contribution >= 4 is 5.91 Å². The molecular formula is C18H23N3O3. The number of fused-ring (bicyclic) bond motifs is 1. The molecule has 1 saturated carbocycles. The zero-order valence-corrected chi connectivity index (χ0v) is 13.8. The highest BCUT2D eigenvalue weighted by Gasteiger charge is 2.29. The van der Waals surface area contributed by atoms with Crippen LogP contribution in [0, 0.1) is 5.92 Å². The molecule has 0 saturated heterocycles. The van der Waals surface area contributed by atoms with E-state index in [0.29, 0.717) is 25.3 Å². The van der Waals surface area contributed by atoms with Crippen LogP contribution < -0.4 is 0 Å². The lowest BCUT2D eigenvalue weighted by atomic mass is 10.1. The molecular weight excluding hydrogens is 306 g/mol. The van der Waals surface area contributed by atoms with Gasteiger partial charge in [0, 0.05) is 26.0 Å². The molecule has 3 heterocycles. The lowest BCUT2D eigenvalue weighted by molar-refractivity contribution is -0.133. The summed E-state index contributed by atoms with van der Waals surface area (Å²) in [7, 11) is 0. The first kappa shape index (κ1) is 15.4. The lowest BCUT2D eigenvalue weighted by Crippen LogP contribution is -2.42. The molecule has 6 heteroatoms. The second kappa shape index (κ2) is 6.81. The summed E-state index contributed by atoms with van der Waals surface area (Å²) in [6.45, 7) is 2.89. The normalized spacial score (nSPS) is 20.2. The van der Waals surface area contributed by atoms with Crippen molar-refractivity contribution in [3.8, 4) is 0 Å². The second-order valence-corrected chi connectivity index (χ2v) is 6.76. The van der Waals surface area contributed by atoms with Crippen molar-refractivity contribution in [3.63, 3.8) is 0 Å². The van der Waals surface area contributed by atoms with Crippen molar-refractivity contribution in [3.05, 3.63) is 42.1 Å². The van der Waals surface area contributed by atoms with Crippen molar-refractivity contribution in [2.24, 2.45) is 5.92 Å². The van der Waals surface area contributed by atoms with Gasteiger partial charge in [0.2, 0.25) is 5.91 Å². The van der Waals surface area contributed by atoms with Crippen LogP contribution in [0.5, 0.6) is 0 Å². The molecule has 0 aromatic carbocycles. The van der Waals surface area contributed by atoms with Crippen LogP contribution in [-0.2, 0) is 22.5 Å². The Hall–Kier alpha value is -2.08. The summed E-state index contributed by atoms with van der Waals surface area (Å²) in [5, 5.41) is 4.44. The molecule has 128 valence electrons. The van der Waals surface area contributed by atoms with E-state index >= 15 is 0 Å². The average Bonchev–Trinajstić information content (AvgIpc) is 3.06. The molecule has 1 atom stereocenters. The maximum atomic E-state index is 12.6. The van der Waals surface area contributed by atoms with Gasteiger partial charge in [0.1, 0.15) is 5.76 Å². The maximum Gasteiger partial charge on any atom is 0.230 e. The average molecular weight is 329 g/mol. The van der Waals surface area contributed by atoms with Crippen LogP contribution in [0.1, 0.15) is 36.8 Å². The van der Waals surface area contributed by atoms with Crippen molar-refractivity contribution < 1.29 is 13.9 Å². The Labute approximate surface area is 141 Å². The Bertz CT molecular complexity index is 676. The highest BCUT2D eigenvalue weighted by Crippen LogP contribution is 2.29. The Morgan fingerprint density at radius 3 is 3.08 bits per heavy atom. The molecule has 24 heavy (non-hydrogen) atoms. The van der Waals surface area contributed by atoms with Crippen molar-refractivity contribution in [2.75, 3.05) is 19.8 Å². The molecule has 4 rings (SSSR count). The van der Waals surface area contributed by atoms with E-state index in [1.807, 2.05) is 29.3 Å². The molecule has 1 aliphatic carbocycles. The first-order valence-corrected chi connectivity index (χ1v) is 8.70. The molecule has 6 nitrogen and oxygen atoms in total. The number of rotatable bonds is 7. The van der Waals surface area contributed by atoms with Gasteiger partial charge in [-0.1, -0.05) is 0 Å². The number of hydrogen-bond donors (Lipinski definition) is 0. The fourth-order valence-corrected chi connectivity index (χ4v) is 3.22. The van der Waals surface area contributed by atoms with Gasteiger partial charge in [0.05, 0.1) is 31.0 Å². The number of hydrogen-bond acceptors (Lipinski definition) is 4. The summed E-state index contributed by atoms with van der Waals surface area (Å²) < 4.78 is 13.1. The van der Waals surface area contributed by atoms with Gasteiger partial charge in [-0.25, -0.2) is 0 Å². The van der Waals surface area contributed by atoms with Crippen LogP contribution in [0.15, 0.2) is 35.1 Å². The van der Waals surface area contributed by atoms with Gasteiger partial charge in [0.25, 0.3) is 0 Å². The Balaban J connectivity index is 1.37. The Morgan fingerprint density at radius 1 is 1.38 bits per heavy atom. The molecule has 2 aromatic rings. The number of nitrogens with zero attached hydrogens (tertiary/aromatic N) is 3. The zero-order valence-electron chi connectivity index (χ0n) is 13.8. The highest BCUT2D eigenvalue weighted by atomic mass is 16.5. The monoisotopic (exact) mass is 329 g/mol. The summed E-state index contributed by atoms with van der Waals surface area (Å²) in [5.41, 5.74) is 1.08. The molecule has 0 spiro atoms. The van der Waals surface area contributed by atoms with E-state index in [-0.39, 0.29) is 11.9 Å². The number of carbonyl (C=O) groups excluding carboxylic acids is 1. The first-order valence-electron chi connectivity index (χ1n) is 8.70. The largest absolute Gasteiger partial charge is 0.469 e. The standard InChI is InChI=1S/C18H23N3O3/c22-18(10-17-2-1-8-24-17)20-11-15-5-7-19-21(15)16(12-20)6-9-23-13-14-3-4-14/h1-2,5,7-8,14,16H,3-4,6,9-13H2/t16-/m1/s1. The van der Waals surface area contributed by atoms with Crippen LogP contribution in [0.2, 0.25) is 0 Å². The zero-order chi connectivity index (χ0) is 16.4. The minimum absolute atomic E-state index is 0.0984. The number of carbonyl (C=O) groups is 1. The van der Waals surface area contributed by atoms with E-state index in [4.69, 9.17) is 9.15 Å². The molecule has 0 radical (unpaired) electrons.